The van der Waals surface area contributed by atoms with Crippen molar-refractivity contribution in [1.29, 1.82) is 0 Å². The molecular weight excluding hydrogens is 512 g/mol. The molecule has 2 rings (SSSR count). The van der Waals surface area contributed by atoms with Crippen molar-refractivity contribution >= 4 is 30.4 Å². The lowest BCUT2D eigenvalue weighted by Gasteiger charge is -2.43. The number of carbonyl (C=O) groups is 2. The van der Waals surface area contributed by atoms with Gasteiger partial charge in [-0.1, -0.05) is 139 Å². The van der Waals surface area contributed by atoms with E-state index in [-0.39, 0.29) is 11.5 Å². The summed E-state index contributed by atoms with van der Waals surface area (Å²) >= 11 is 0. The van der Waals surface area contributed by atoms with Gasteiger partial charge in [-0.15, -0.1) is 0 Å². The Hall–Kier alpha value is -2.24. The van der Waals surface area contributed by atoms with Gasteiger partial charge in [0, 0.05) is 25.9 Å². The molecule has 1 N–H and O–H groups in total. The van der Waals surface area contributed by atoms with Gasteiger partial charge in [0.25, 0.3) is 8.32 Å². The number of aliphatic carboxylic acids is 1. The van der Waals surface area contributed by atoms with Gasteiger partial charge in [0.15, 0.2) is 0 Å². The van der Waals surface area contributed by atoms with E-state index < -0.39 is 14.3 Å². The maximum absolute atomic E-state index is 12.2. The highest BCUT2D eigenvalue weighted by atomic mass is 28.4. The van der Waals surface area contributed by atoms with Gasteiger partial charge in [0.05, 0.1) is 0 Å². The van der Waals surface area contributed by atoms with Crippen LogP contribution in [0.1, 0.15) is 124 Å². The summed E-state index contributed by atoms with van der Waals surface area (Å²) < 4.78 is 6.99. The first kappa shape index (κ1) is 34.0. The molecule has 0 amide bonds. The quantitative estimate of drug-likeness (QED) is 0.115. The zero-order chi connectivity index (χ0) is 29.1. The lowest BCUT2D eigenvalue weighted by Crippen LogP contribution is -2.66. The van der Waals surface area contributed by atoms with Crippen LogP contribution in [-0.4, -0.2) is 31.8 Å². The third-order valence-electron chi connectivity index (χ3n) is 7.93. The normalized spacial score (nSPS) is 12.0. The standard InChI is InChI=1S/C35H54O4Si/c1-35(2,3)40(32-25-17-13-18-26-32,33-27-19-14-20-28-33)39-30-22-12-8-7-10-16-24-31(36)23-15-9-5-4-6-11-21-29-34(37)38/h13-14,17-20,25-28H,4-12,15-16,21-24,29-30H2,1-3H3,(H,37,38). The van der Waals surface area contributed by atoms with Crippen LogP contribution < -0.4 is 10.4 Å². The first-order chi connectivity index (χ1) is 19.3. The minimum absolute atomic E-state index is 0.0194. The molecule has 0 aliphatic heterocycles. The van der Waals surface area contributed by atoms with E-state index in [1.54, 1.807) is 0 Å². The fourth-order valence-electron chi connectivity index (χ4n) is 5.73. The van der Waals surface area contributed by atoms with E-state index in [1.165, 1.54) is 29.6 Å². The number of carbonyl (C=O) groups excluding carboxylic acids is 1. The lowest BCUT2D eigenvalue weighted by molar-refractivity contribution is -0.137. The Morgan fingerprint density at radius 3 is 1.38 bits per heavy atom. The number of hydrogen-bond donors (Lipinski definition) is 1. The molecular formula is C35H54O4Si. The van der Waals surface area contributed by atoms with Crippen molar-refractivity contribution in [1.82, 2.24) is 0 Å². The van der Waals surface area contributed by atoms with E-state index >= 15 is 0 Å². The average molecular weight is 567 g/mol. The zero-order valence-electron chi connectivity index (χ0n) is 25.5. The van der Waals surface area contributed by atoms with Crippen LogP contribution in [0.5, 0.6) is 0 Å². The Kier molecular flexibility index (Phi) is 16.1. The number of hydrogen-bond acceptors (Lipinski definition) is 3. The van der Waals surface area contributed by atoms with Gasteiger partial charge in [-0.05, 0) is 41.1 Å². The zero-order valence-corrected chi connectivity index (χ0v) is 26.5. The van der Waals surface area contributed by atoms with Crippen molar-refractivity contribution in [2.24, 2.45) is 0 Å². The summed E-state index contributed by atoms with van der Waals surface area (Å²) in [6.45, 7) is 7.77. The molecule has 0 aromatic heterocycles. The molecule has 2 aromatic rings. The molecule has 0 heterocycles. The topological polar surface area (TPSA) is 63.6 Å². The van der Waals surface area contributed by atoms with Crippen molar-refractivity contribution in [3.8, 4) is 0 Å². The number of carboxylic acid groups (broad SMARTS) is 1. The van der Waals surface area contributed by atoms with Crippen LogP contribution in [0.2, 0.25) is 5.04 Å². The molecule has 0 aliphatic carbocycles. The lowest BCUT2D eigenvalue weighted by atomic mass is 10.0. The SMILES string of the molecule is CC(C)(C)[Si](OCCCCCCCCC(=O)CCCCCCCCCC(=O)O)(c1ccccc1)c1ccccc1. The summed E-state index contributed by atoms with van der Waals surface area (Å²) in [6.07, 6.45) is 15.8. The highest BCUT2D eigenvalue weighted by Crippen LogP contribution is 2.36. The Morgan fingerprint density at radius 1 is 0.600 bits per heavy atom. The Bertz CT molecular complexity index is 913. The molecule has 0 saturated carbocycles. The van der Waals surface area contributed by atoms with Crippen molar-refractivity contribution in [3.63, 3.8) is 0 Å². The predicted molar refractivity (Wildman–Crippen MR) is 170 cm³/mol. The molecule has 222 valence electrons. The molecule has 0 fully saturated rings. The van der Waals surface area contributed by atoms with Crippen LogP contribution >= 0.6 is 0 Å². The van der Waals surface area contributed by atoms with E-state index in [0.29, 0.717) is 5.78 Å². The van der Waals surface area contributed by atoms with Gasteiger partial charge in [0.1, 0.15) is 5.78 Å². The van der Waals surface area contributed by atoms with E-state index in [4.69, 9.17) is 9.53 Å². The second kappa shape index (κ2) is 19.0. The highest BCUT2D eigenvalue weighted by molar-refractivity contribution is 6.99. The van der Waals surface area contributed by atoms with E-state index in [0.717, 1.165) is 83.7 Å². The number of ketones is 1. The molecule has 40 heavy (non-hydrogen) atoms. The summed E-state index contributed by atoms with van der Waals surface area (Å²) in [4.78, 5) is 22.7. The summed E-state index contributed by atoms with van der Waals surface area (Å²) in [5.41, 5.74) is 0. The van der Waals surface area contributed by atoms with E-state index in [2.05, 4.69) is 81.4 Å². The summed E-state index contributed by atoms with van der Waals surface area (Å²) in [6, 6.07) is 21.7. The highest BCUT2D eigenvalue weighted by Gasteiger charge is 2.49. The average Bonchev–Trinajstić information content (AvgIpc) is 2.93. The van der Waals surface area contributed by atoms with E-state index in [1.807, 2.05) is 0 Å². The molecule has 4 nitrogen and oxygen atoms in total. The third kappa shape index (κ3) is 12.1. The fraction of sp³-hybridized carbons (Fsp3) is 0.600. The Balaban J connectivity index is 1.60. The monoisotopic (exact) mass is 566 g/mol. The van der Waals surface area contributed by atoms with Gasteiger partial charge in [-0.2, -0.15) is 0 Å². The first-order valence-electron chi connectivity index (χ1n) is 15.8. The van der Waals surface area contributed by atoms with Gasteiger partial charge in [-0.3, -0.25) is 9.59 Å². The maximum Gasteiger partial charge on any atom is 0.303 e. The van der Waals surface area contributed by atoms with Crippen LogP contribution in [0.4, 0.5) is 0 Å². The van der Waals surface area contributed by atoms with Gasteiger partial charge in [-0.25, -0.2) is 0 Å². The fourth-order valence-corrected chi connectivity index (χ4v) is 10.3. The van der Waals surface area contributed by atoms with E-state index in [9.17, 15) is 9.59 Å². The second-order valence-electron chi connectivity index (χ2n) is 12.3. The second-order valence-corrected chi connectivity index (χ2v) is 16.6. The molecule has 0 bridgehead atoms. The predicted octanol–water partition coefficient (Wildman–Crippen LogP) is 8.46. The van der Waals surface area contributed by atoms with Crippen LogP contribution in [0, 0.1) is 0 Å². The van der Waals surface area contributed by atoms with Crippen molar-refractivity contribution in [3.05, 3.63) is 60.7 Å². The first-order valence-corrected chi connectivity index (χ1v) is 17.7. The summed E-state index contributed by atoms with van der Waals surface area (Å²) in [5.74, 6) is -0.282. The minimum atomic E-state index is -2.43. The number of unbranched alkanes of at least 4 members (excludes halogenated alkanes) is 11. The largest absolute Gasteiger partial charge is 0.481 e. The third-order valence-corrected chi connectivity index (χ3v) is 13.0. The molecule has 0 radical (unpaired) electrons. The van der Waals surface area contributed by atoms with Crippen molar-refractivity contribution < 1.29 is 19.1 Å². The van der Waals surface area contributed by atoms with Crippen molar-refractivity contribution in [2.75, 3.05) is 6.61 Å². The van der Waals surface area contributed by atoms with Gasteiger partial charge >= 0.3 is 5.97 Å². The molecule has 0 aliphatic rings. The molecule has 0 spiro atoms. The van der Waals surface area contributed by atoms with Crippen LogP contribution in [0.25, 0.3) is 0 Å². The molecule has 0 saturated heterocycles. The maximum atomic E-state index is 12.2. The number of carboxylic acids is 1. The number of benzene rings is 2. The van der Waals surface area contributed by atoms with Crippen LogP contribution in [0.3, 0.4) is 0 Å². The van der Waals surface area contributed by atoms with Crippen LogP contribution in [-0.2, 0) is 14.0 Å². The number of rotatable bonds is 22. The molecule has 0 atom stereocenters. The molecule has 0 unspecified atom stereocenters. The molecule has 5 heteroatoms. The summed E-state index contributed by atoms with van der Waals surface area (Å²) in [7, 11) is -2.43. The smallest absolute Gasteiger partial charge is 0.303 e. The van der Waals surface area contributed by atoms with Crippen molar-refractivity contribution in [2.45, 2.75) is 129 Å². The van der Waals surface area contributed by atoms with Gasteiger partial charge < -0.3 is 9.53 Å². The van der Waals surface area contributed by atoms with Crippen LogP contribution in [0.15, 0.2) is 60.7 Å². The molecule has 2 aromatic carbocycles. The number of Topliss-reactive ketones (excluding diaryl/α,β-unsaturated/α-hetero) is 1. The minimum Gasteiger partial charge on any atom is -0.481 e. The van der Waals surface area contributed by atoms with Gasteiger partial charge in [0.2, 0.25) is 0 Å². The Morgan fingerprint density at radius 2 is 0.975 bits per heavy atom. The Labute approximate surface area is 245 Å². The summed E-state index contributed by atoms with van der Waals surface area (Å²) in [5, 5.41) is 11.3.